The largest absolute Gasteiger partial charge is 0.481 e. The lowest BCUT2D eigenvalue weighted by Gasteiger charge is -2.33. The highest BCUT2D eigenvalue weighted by molar-refractivity contribution is 5.79. The topological polar surface area (TPSA) is 75.6 Å². The molecule has 0 spiro atoms. The van der Waals surface area contributed by atoms with Crippen molar-refractivity contribution in [2.75, 3.05) is 19.8 Å². The Morgan fingerprint density at radius 1 is 1.21 bits per heavy atom. The van der Waals surface area contributed by atoms with Gasteiger partial charge >= 0.3 is 5.97 Å². The number of rotatable bonds is 8. The average Bonchev–Trinajstić information content (AvgIpc) is 2.42. The Morgan fingerprint density at radius 2 is 1.89 bits per heavy atom. The first kappa shape index (κ1) is 16.0. The molecular formula is C14H25NO4. The number of carboxylic acids is 1. The van der Waals surface area contributed by atoms with Crippen LogP contribution in [0.25, 0.3) is 0 Å². The fourth-order valence-corrected chi connectivity index (χ4v) is 2.30. The molecular weight excluding hydrogens is 246 g/mol. The maximum Gasteiger partial charge on any atom is 0.311 e. The summed E-state index contributed by atoms with van der Waals surface area (Å²) < 4.78 is 5.20. The zero-order chi connectivity index (χ0) is 14.1. The van der Waals surface area contributed by atoms with E-state index in [1.54, 1.807) is 0 Å². The van der Waals surface area contributed by atoms with E-state index in [4.69, 9.17) is 4.74 Å². The van der Waals surface area contributed by atoms with Crippen LogP contribution in [-0.2, 0) is 14.3 Å². The molecule has 0 aromatic heterocycles. The highest BCUT2D eigenvalue weighted by atomic mass is 16.5. The maximum absolute atomic E-state index is 11.7. The zero-order valence-electron chi connectivity index (χ0n) is 11.7. The number of nitrogens with one attached hydrogen (secondary N) is 1. The molecule has 0 radical (unpaired) electrons. The summed E-state index contributed by atoms with van der Waals surface area (Å²) in [4.78, 5) is 23.1. The molecule has 1 rings (SSSR count). The Morgan fingerprint density at radius 3 is 2.47 bits per heavy atom. The molecule has 0 aromatic rings. The minimum atomic E-state index is -0.836. The van der Waals surface area contributed by atoms with Crippen molar-refractivity contribution in [1.29, 1.82) is 0 Å². The third kappa shape index (κ3) is 5.19. The third-order valence-corrected chi connectivity index (χ3v) is 3.78. The standard InChI is InChI=1S/C14H25NO4/c1-2-3-4-5-6-12(16)15-11-14(13(17)18)7-9-19-10-8-14/h2-11H2,1H3,(H,15,16)(H,17,18). The van der Waals surface area contributed by atoms with Crippen molar-refractivity contribution >= 4 is 11.9 Å². The second-order valence-electron chi connectivity index (χ2n) is 5.29. The minimum absolute atomic E-state index is 0.0387. The number of amides is 1. The van der Waals surface area contributed by atoms with E-state index >= 15 is 0 Å². The molecule has 0 unspecified atom stereocenters. The van der Waals surface area contributed by atoms with Crippen LogP contribution in [0.4, 0.5) is 0 Å². The van der Waals surface area contributed by atoms with Crippen molar-refractivity contribution in [3.05, 3.63) is 0 Å². The van der Waals surface area contributed by atoms with Gasteiger partial charge in [-0.05, 0) is 19.3 Å². The molecule has 0 bridgehead atoms. The molecule has 1 aliphatic rings. The van der Waals surface area contributed by atoms with Gasteiger partial charge < -0.3 is 15.2 Å². The van der Waals surface area contributed by atoms with Gasteiger partial charge in [0.1, 0.15) is 0 Å². The molecule has 1 amide bonds. The van der Waals surface area contributed by atoms with Crippen LogP contribution in [-0.4, -0.2) is 36.7 Å². The molecule has 1 aliphatic heterocycles. The SMILES string of the molecule is CCCCCCC(=O)NCC1(C(=O)O)CCOCC1. The van der Waals surface area contributed by atoms with Crippen molar-refractivity contribution in [1.82, 2.24) is 5.32 Å². The second kappa shape index (κ2) is 8.15. The van der Waals surface area contributed by atoms with Crippen molar-refractivity contribution in [3.63, 3.8) is 0 Å². The number of carbonyl (C=O) groups excluding carboxylic acids is 1. The number of ether oxygens (including phenoxy) is 1. The minimum Gasteiger partial charge on any atom is -0.481 e. The van der Waals surface area contributed by atoms with E-state index in [0.29, 0.717) is 32.5 Å². The molecule has 19 heavy (non-hydrogen) atoms. The second-order valence-corrected chi connectivity index (χ2v) is 5.29. The Balaban J connectivity index is 2.31. The number of carbonyl (C=O) groups is 2. The first-order valence-corrected chi connectivity index (χ1v) is 7.18. The predicted molar refractivity (Wildman–Crippen MR) is 71.9 cm³/mol. The highest BCUT2D eigenvalue weighted by Crippen LogP contribution is 2.30. The van der Waals surface area contributed by atoms with Gasteiger partial charge in [-0.3, -0.25) is 9.59 Å². The van der Waals surface area contributed by atoms with Gasteiger partial charge in [0.25, 0.3) is 0 Å². The Kier molecular flexibility index (Phi) is 6.84. The monoisotopic (exact) mass is 271 g/mol. The van der Waals surface area contributed by atoms with Crippen LogP contribution >= 0.6 is 0 Å². The van der Waals surface area contributed by atoms with E-state index in [0.717, 1.165) is 25.7 Å². The summed E-state index contributed by atoms with van der Waals surface area (Å²) in [6.45, 7) is 3.26. The zero-order valence-corrected chi connectivity index (χ0v) is 11.7. The average molecular weight is 271 g/mol. The lowest BCUT2D eigenvalue weighted by atomic mass is 9.80. The number of aliphatic carboxylic acids is 1. The Bertz CT molecular complexity index is 298. The molecule has 1 saturated heterocycles. The van der Waals surface area contributed by atoms with Crippen molar-refractivity contribution in [2.45, 2.75) is 51.9 Å². The summed E-state index contributed by atoms with van der Waals surface area (Å²) in [5, 5.41) is 12.1. The van der Waals surface area contributed by atoms with Crippen LogP contribution in [0.15, 0.2) is 0 Å². The molecule has 5 nitrogen and oxygen atoms in total. The van der Waals surface area contributed by atoms with Gasteiger partial charge in [0.05, 0.1) is 5.41 Å². The Labute approximate surface area is 114 Å². The number of hydrogen-bond donors (Lipinski definition) is 2. The van der Waals surface area contributed by atoms with Gasteiger partial charge in [-0.15, -0.1) is 0 Å². The molecule has 0 aliphatic carbocycles. The van der Waals surface area contributed by atoms with E-state index in [2.05, 4.69) is 12.2 Å². The van der Waals surface area contributed by atoms with Gasteiger partial charge in [0.2, 0.25) is 5.91 Å². The van der Waals surface area contributed by atoms with E-state index < -0.39 is 11.4 Å². The number of unbranched alkanes of at least 4 members (excludes halogenated alkanes) is 3. The van der Waals surface area contributed by atoms with E-state index in [9.17, 15) is 14.7 Å². The fraction of sp³-hybridized carbons (Fsp3) is 0.857. The molecule has 0 aromatic carbocycles. The van der Waals surface area contributed by atoms with Gasteiger partial charge in [-0.25, -0.2) is 0 Å². The van der Waals surface area contributed by atoms with Gasteiger partial charge in [0, 0.05) is 26.2 Å². The lowest BCUT2D eigenvalue weighted by Crippen LogP contribution is -2.46. The van der Waals surface area contributed by atoms with Crippen molar-refractivity contribution < 1.29 is 19.4 Å². The predicted octanol–water partition coefficient (Wildman–Crippen LogP) is 1.95. The van der Waals surface area contributed by atoms with Crippen LogP contribution in [0, 0.1) is 5.41 Å². The van der Waals surface area contributed by atoms with Crippen LogP contribution in [0.2, 0.25) is 0 Å². The van der Waals surface area contributed by atoms with Crippen LogP contribution < -0.4 is 5.32 Å². The summed E-state index contributed by atoms with van der Waals surface area (Å²) in [6.07, 6.45) is 5.65. The van der Waals surface area contributed by atoms with Crippen LogP contribution in [0.5, 0.6) is 0 Å². The van der Waals surface area contributed by atoms with Gasteiger partial charge in [-0.2, -0.15) is 0 Å². The smallest absolute Gasteiger partial charge is 0.311 e. The molecule has 2 N–H and O–H groups in total. The van der Waals surface area contributed by atoms with E-state index in [1.807, 2.05) is 0 Å². The quantitative estimate of drug-likeness (QED) is 0.662. The fourth-order valence-electron chi connectivity index (χ4n) is 2.30. The molecule has 1 heterocycles. The first-order chi connectivity index (χ1) is 9.10. The van der Waals surface area contributed by atoms with Crippen molar-refractivity contribution in [2.24, 2.45) is 5.41 Å². The molecule has 110 valence electrons. The van der Waals surface area contributed by atoms with E-state index in [1.165, 1.54) is 0 Å². The summed E-state index contributed by atoms with van der Waals surface area (Å²) >= 11 is 0. The van der Waals surface area contributed by atoms with Crippen LogP contribution in [0.3, 0.4) is 0 Å². The summed E-state index contributed by atoms with van der Waals surface area (Å²) in [7, 11) is 0. The lowest BCUT2D eigenvalue weighted by molar-refractivity contribution is -0.154. The molecule has 1 fully saturated rings. The van der Waals surface area contributed by atoms with Crippen LogP contribution in [0.1, 0.15) is 51.9 Å². The summed E-state index contributed by atoms with van der Waals surface area (Å²) in [5.41, 5.74) is -0.836. The van der Waals surface area contributed by atoms with E-state index in [-0.39, 0.29) is 12.5 Å². The molecule has 0 atom stereocenters. The normalized spacial score (nSPS) is 17.9. The molecule has 0 saturated carbocycles. The Hall–Kier alpha value is -1.10. The summed E-state index contributed by atoms with van der Waals surface area (Å²) in [5.74, 6) is -0.870. The maximum atomic E-state index is 11.7. The van der Waals surface area contributed by atoms with Gasteiger partial charge in [0.15, 0.2) is 0 Å². The highest BCUT2D eigenvalue weighted by Gasteiger charge is 2.40. The van der Waals surface area contributed by atoms with Crippen molar-refractivity contribution in [3.8, 4) is 0 Å². The number of hydrogen-bond acceptors (Lipinski definition) is 3. The first-order valence-electron chi connectivity index (χ1n) is 7.18. The number of carboxylic acid groups (broad SMARTS) is 1. The van der Waals surface area contributed by atoms with Gasteiger partial charge in [-0.1, -0.05) is 26.2 Å². The summed E-state index contributed by atoms with van der Waals surface area (Å²) in [6, 6.07) is 0. The molecule has 5 heteroatoms. The third-order valence-electron chi connectivity index (χ3n) is 3.78.